The average molecular weight is 468 g/mol. The van der Waals surface area contributed by atoms with Crippen molar-refractivity contribution < 1.29 is 23.5 Å². The molecule has 34 heavy (non-hydrogen) atoms. The van der Waals surface area contributed by atoms with Crippen molar-refractivity contribution in [2.45, 2.75) is 13.8 Å². The summed E-state index contributed by atoms with van der Waals surface area (Å²) in [6.45, 7) is 5.18. The molecule has 2 aromatic carbocycles. The number of aromatic nitrogens is 2. The maximum atomic E-state index is 13.3. The van der Waals surface area contributed by atoms with Crippen LogP contribution in [0.3, 0.4) is 0 Å². The highest BCUT2D eigenvalue weighted by atomic mass is 19.1. The van der Waals surface area contributed by atoms with Gasteiger partial charge in [-0.15, -0.1) is 0 Å². The number of halogens is 1. The molecule has 4 rings (SSSR count). The van der Waals surface area contributed by atoms with Gasteiger partial charge in [-0.3, -0.25) is 14.5 Å². The van der Waals surface area contributed by atoms with Crippen LogP contribution in [-0.4, -0.2) is 59.3 Å². The fourth-order valence-corrected chi connectivity index (χ4v) is 3.56. The molecule has 2 N–H and O–H groups in total. The van der Waals surface area contributed by atoms with Crippen LogP contribution in [-0.2, 0) is 9.59 Å². The molecule has 178 valence electrons. The first-order valence-electron chi connectivity index (χ1n) is 11.0. The van der Waals surface area contributed by atoms with E-state index in [1.165, 1.54) is 16.8 Å². The molecule has 0 fully saturated rings. The third-order valence-electron chi connectivity index (χ3n) is 5.18. The number of ether oxygens (including phenoxy) is 2. The number of carbonyl (C=O) groups is 2. The normalized spacial score (nSPS) is 12.5. The second-order valence-corrected chi connectivity index (χ2v) is 7.82. The summed E-state index contributed by atoms with van der Waals surface area (Å²) in [6, 6.07) is 12.8. The fourth-order valence-electron chi connectivity index (χ4n) is 3.56. The van der Waals surface area contributed by atoms with Crippen molar-refractivity contribution in [3.8, 4) is 17.2 Å². The molecular formula is C24H26FN5O4. The van der Waals surface area contributed by atoms with Gasteiger partial charge in [0.05, 0.1) is 24.5 Å². The molecule has 9 nitrogen and oxygen atoms in total. The van der Waals surface area contributed by atoms with Crippen LogP contribution < -0.4 is 20.1 Å². The van der Waals surface area contributed by atoms with Gasteiger partial charge in [0.15, 0.2) is 11.5 Å². The lowest BCUT2D eigenvalue weighted by Gasteiger charge is -2.21. The lowest BCUT2D eigenvalue weighted by Crippen LogP contribution is -2.38. The van der Waals surface area contributed by atoms with Gasteiger partial charge in [-0.25, -0.2) is 9.07 Å². The molecule has 0 aliphatic carbocycles. The highest BCUT2D eigenvalue weighted by Gasteiger charge is 2.17. The van der Waals surface area contributed by atoms with Crippen LogP contribution >= 0.6 is 0 Å². The summed E-state index contributed by atoms with van der Waals surface area (Å²) >= 11 is 0. The second-order valence-electron chi connectivity index (χ2n) is 7.82. The summed E-state index contributed by atoms with van der Waals surface area (Å²) in [4.78, 5) is 27.0. The van der Waals surface area contributed by atoms with Crippen molar-refractivity contribution in [3.05, 3.63) is 60.0 Å². The predicted molar refractivity (Wildman–Crippen MR) is 125 cm³/mol. The predicted octanol–water partition coefficient (Wildman–Crippen LogP) is 2.99. The lowest BCUT2D eigenvalue weighted by molar-refractivity contribution is -0.119. The summed E-state index contributed by atoms with van der Waals surface area (Å²) in [5, 5.41) is 10.0. The largest absolute Gasteiger partial charge is 0.486 e. The minimum Gasteiger partial charge on any atom is -0.486 e. The van der Waals surface area contributed by atoms with E-state index in [-0.39, 0.29) is 30.7 Å². The highest BCUT2D eigenvalue weighted by molar-refractivity contribution is 5.94. The maximum absolute atomic E-state index is 13.3. The van der Waals surface area contributed by atoms with Gasteiger partial charge in [-0.05, 0) is 49.9 Å². The number of rotatable bonds is 8. The minimum absolute atomic E-state index is 0.0126. The molecule has 1 aromatic heterocycles. The second kappa shape index (κ2) is 10.3. The Morgan fingerprint density at radius 2 is 1.68 bits per heavy atom. The Kier molecular flexibility index (Phi) is 7.07. The Morgan fingerprint density at radius 1 is 1.00 bits per heavy atom. The Labute approximate surface area is 196 Å². The van der Waals surface area contributed by atoms with E-state index >= 15 is 0 Å². The molecular weight excluding hydrogens is 441 g/mol. The molecule has 0 spiro atoms. The SMILES string of the molecule is CCN(CC(=O)Nc1ccc2c(c1)OCCO2)CC(=O)Nc1cc(C)nn1-c1ccc(F)cc1. The molecule has 0 bridgehead atoms. The van der Waals surface area contributed by atoms with Gasteiger partial charge in [0, 0.05) is 17.8 Å². The standard InChI is InChI=1S/C24H26FN5O4/c1-3-29(14-23(31)26-18-6-9-20-21(13-18)34-11-10-33-20)15-24(32)27-22-12-16(2)28-30(22)19-7-4-17(25)5-8-19/h4-9,12-13H,3,10-11,14-15H2,1-2H3,(H,26,31)(H,27,32). The molecule has 1 aliphatic rings. The topological polar surface area (TPSA) is 97.7 Å². The summed E-state index contributed by atoms with van der Waals surface area (Å²) in [5.74, 6) is 0.794. The van der Waals surface area contributed by atoms with Crippen molar-refractivity contribution in [2.24, 2.45) is 0 Å². The molecule has 0 saturated heterocycles. The molecule has 0 unspecified atom stereocenters. The Hall–Kier alpha value is -3.92. The first-order chi connectivity index (χ1) is 16.4. The van der Waals surface area contributed by atoms with Crippen LogP contribution in [0.25, 0.3) is 5.69 Å². The quantitative estimate of drug-likeness (QED) is 0.529. The van der Waals surface area contributed by atoms with Gasteiger partial charge >= 0.3 is 0 Å². The van der Waals surface area contributed by atoms with Gasteiger partial charge in [0.25, 0.3) is 0 Å². The lowest BCUT2D eigenvalue weighted by atomic mass is 10.2. The number of carbonyl (C=O) groups excluding carboxylic acids is 2. The smallest absolute Gasteiger partial charge is 0.239 e. The summed E-state index contributed by atoms with van der Waals surface area (Å²) in [7, 11) is 0. The number of hydrogen-bond acceptors (Lipinski definition) is 6. The number of hydrogen-bond donors (Lipinski definition) is 2. The van der Waals surface area contributed by atoms with Gasteiger partial charge in [-0.2, -0.15) is 5.10 Å². The van der Waals surface area contributed by atoms with Crippen LogP contribution in [0.2, 0.25) is 0 Å². The summed E-state index contributed by atoms with van der Waals surface area (Å²) in [6.07, 6.45) is 0. The van der Waals surface area contributed by atoms with E-state index in [9.17, 15) is 14.0 Å². The number of anilines is 2. The number of fused-ring (bicyclic) bond motifs is 1. The zero-order valence-electron chi connectivity index (χ0n) is 19.0. The first-order valence-corrected chi connectivity index (χ1v) is 11.0. The van der Waals surface area contributed by atoms with Gasteiger partial charge < -0.3 is 20.1 Å². The minimum atomic E-state index is -0.355. The summed E-state index contributed by atoms with van der Waals surface area (Å²) in [5.41, 5.74) is 1.91. The average Bonchev–Trinajstić information content (AvgIpc) is 3.18. The van der Waals surface area contributed by atoms with E-state index in [2.05, 4.69) is 15.7 Å². The summed E-state index contributed by atoms with van der Waals surface area (Å²) < 4.78 is 25.8. The monoisotopic (exact) mass is 467 g/mol. The Bertz CT molecular complexity index is 1180. The first kappa shape index (κ1) is 23.2. The zero-order valence-corrected chi connectivity index (χ0v) is 19.0. The molecule has 0 saturated carbocycles. The maximum Gasteiger partial charge on any atom is 0.239 e. The van der Waals surface area contributed by atoms with E-state index in [4.69, 9.17) is 9.47 Å². The number of amides is 2. The van der Waals surface area contributed by atoms with E-state index < -0.39 is 0 Å². The molecule has 1 aliphatic heterocycles. The van der Waals surface area contributed by atoms with E-state index in [1.54, 1.807) is 48.2 Å². The van der Waals surface area contributed by atoms with Crippen LogP contribution in [0, 0.1) is 12.7 Å². The zero-order chi connectivity index (χ0) is 24.1. The molecule has 2 heterocycles. The van der Waals surface area contributed by atoms with Crippen LogP contribution in [0.1, 0.15) is 12.6 Å². The van der Waals surface area contributed by atoms with E-state index in [0.717, 1.165) is 0 Å². The van der Waals surface area contributed by atoms with Crippen molar-refractivity contribution >= 4 is 23.3 Å². The van der Waals surface area contributed by atoms with Crippen molar-refractivity contribution in [3.63, 3.8) is 0 Å². The van der Waals surface area contributed by atoms with Gasteiger partial charge in [-0.1, -0.05) is 6.92 Å². The Balaban J connectivity index is 1.35. The third kappa shape index (κ3) is 5.70. The number of aryl methyl sites for hydroxylation is 1. The van der Waals surface area contributed by atoms with Crippen LogP contribution in [0.5, 0.6) is 11.5 Å². The molecule has 3 aromatic rings. The van der Waals surface area contributed by atoms with E-state index in [1.807, 2.05) is 6.92 Å². The van der Waals surface area contributed by atoms with E-state index in [0.29, 0.717) is 54.1 Å². The third-order valence-corrected chi connectivity index (χ3v) is 5.18. The molecule has 10 heteroatoms. The molecule has 0 atom stereocenters. The van der Waals surface area contributed by atoms with Crippen LogP contribution in [0.4, 0.5) is 15.9 Å². The molecule has 0 radical (unpaired) electrons. The number of nitrogens with zero attached hydrogens (tertiary/aromatic N) is 3. The molecule has 2 amide bonds. The van der Waals surface area contributed by atoms with Crippen molar-refractivity contribution in [1.29, 1.82) is 0 Å². The Morgan fingerprint density at radius 3 is 2.38 bits per heavy atom. The number of likely N-dealkylation sites (N-methyl/N-ethyl adjacent to an activating group) is 1. The van der Waals surface area contributed by atoms with Crippen molar-refractivity contribution in [1.82, 2.24) is 14.7 Å². The van der Waals surface area contributed by atoms with Crippen LogP contribution in [0.15, 0.2) is 48.5 Å². The fraction of sp³-hybridized carbons (Fsp3) is 0.292. The number of nitrogens with one attached hydrogen (secondary N) is 2. The number of benzene rings is 2. The van der Waals surface area contributed by atoms with Gasteiger partial charge in [0.2, 0.25) is 11.8 Å². The highest BCUT2D eigenvalue weighted by Crippen LogP contribution is 2.32. The van der Waals surface area contributed by atoms with Gasteiger partial charge in [0.1, 0.15) is 24.8 Å². The van der Waals surface area contributed by atoms with Crippen molar-refractivity contribution in [2.75, 3.05) is 43.5 Å².